The van der Waals surface area contributed by atoms with E-state index in [2.05, 4.69) is 15.6 Å². The van der Waals surface area contributed by atoms with Crippen molar-refractivity contribution in [2.24, 2.45) is 0 Å². The van der Waals surface area contributed by atoms with Gasteiger partial charge in [-0.15, -0.1) is 0 Å². The molecule has 1 amide bonds. The predicted octanol–water partition coefficient (Wildman–Crippen LogP) is 2.47. The van der Waals surface area contributed by atoms with Crippen molar-refractivity contribution in [3.05, 3.63) is 22.8 Å². The third kappa shape index (κ3) is 4.08. The molecule has 1 aromatic heterocycles. The summed E-state index contributed by atoms with van der Waals surface area (Å²) in [6.45, 7) is 1.44. The summed E-state index contributed by atoms with van der Waals surface area (Å²) in [6, 6.07) is 1.62. The first kappa shape index (κ1) is 15.1. The molecule has 0 aromatic carbocycles. The Morgan fingerprint density at radius 1 is 1.55 bits per heavy atom. The van der Waals surface area contributed by atoms with Crippen molar-refractivity contribution in [3.8, 4) is 0 Å². The number of carbonyl (C=O) groups is 1. The van der Waals surface area contributed by atoms with E-state index in [-0.39, 0.29) is 12.0 Å². The summed E-state index contributed by atoms with van der Waals surface area (Å²) >= 11 is 6.00. The number of pyridine rings is 1. The lowest BCUT2D eigenvalue weighted by Crippen LogP contribution is -2.29. The Balaban J connectivity index is 1.80. The van der Waals surface area contributed by atoms with Crippen molar-refractivity contribution in [3.63, 3.8) is 0 Å². The molecule has 1 aromatic rings. The van der Waals surface area contributed by atoms with Gasteiger partial charge in [-0.2, -0.15) is 0 Å². The van der Waals surface area contributed by atoms with Gasteiger partial charge >= 0.3 is 0 Å². The topological polar surface area (TPSA) is 63.2 Å². The number of anilines is 1. The molecular formula is C14H20ClN3O2. The largest absolute Gasteiger partial charge is 0.378 e. The Morgan fingerprint density at radius 3 is 3.05 bits per heavy atom. The first-order valence-electron chi connectivity index (χ1n) is 6.94. The zero-order chi connectivity index (χ0) is 14.4. The molecule has 1 saturated heterocycles. The number of aromatic nitrogens is 1. The standard InChI is InChI=1S/C14H20ClN3O2/c1-16-13-12(15)8-10(9-18-13)14(19)17-6-5-11-4-2-3-7-20-11/h8-9,11H,2-7H2,1H3,(H,16,18)(H,17,19). The van der Waals surface area contributed by atoms with Crippen LogP contribution < -0.4 is 10.6 Å². The van der Waals surface area contributed by atoms with Crippen molar-refractivity contribution < 1.29 is 9.53 Å². The molecule has 6 heteroatoms. The average molecular weight is 298 g/mol. The van der Waals surface area contributed by atoms with Gasteiger partial charge in [0.15, 0.2) is 0 Å². The molecule has 0 bridgehead atoms. The van der Waals surface area contributed by atoms with Crippen molar-refractivity contribution in [1.82, 2.24) is 10.3 Å². The molecule has 2 N–H and O–H groups in total. The van der Waals surface area contributed by atoms with Crippen LogP contribution in [-0.4, -0.2) is 37.2 Å². The maximum Gasteiger partial charge on any atom is 0.252 e. The molecule has 110 valence electrons. The second-order valence-electron chi connectivity index (χ2n) is 4.84. The highest BCUT2D eigenvalue weighted by Gasteiger charge is 2.14. The minimum absolute atomic E-state index is 0.155. The van der Waals surface area contributed by atoms with Crippen LogP contribution in [0.4, 0.5) is 5.82 Å². The molecular weight excluding hydrogens is 278 g/mol. The number of ether oxygens (including phenoxy) is 1. The summed E-state index contributed by atoms with van der Waals surface area (Å²) in [5.74, 6) is 0.414. The lowest BCUT2D eigenvalue weighted by Gasteiger charge is -2.22. The molecule has 0 aliphatic carbocycles. The van der Waals surface area contributed by atoms with Crippen LogP contribution in [0.15, 0.2) is 12.3 Å². The third-order valence-electron chi connectivity index (χ3n) is 3.37. The van der Waals surface area contributed by atoms with E-state index >= 15 is 0 Å². The number of amides is 1. The highest BCUT2D eigenvalue weighted by atomic mass is 35.5. The van der Waals surface area contributed by atoms with Crippen molar-refractivity contribution in [2.75, 3.05) is 25.5 Å². The van der Waals surface area contributed by atoms with Gasteiger partial charge in [0.05, 0.1) is 16.7 Å². The van der Waals surface area contributed by atoms with Crippen molar-refractivity contribution >= 4 is 23.3 Å². The molecule has 1 unspecified atom stereocenters. The maximum atomic E-state index is 12.0. The van der Waals surface area contributed by atoms with E-state index in [1.54, 1.807) is 13.1 Å². The average Bonchev–Trinajstić information content (AvgIpc) is 2.48. The van der Waals surface area contributed by atoms with E-state index in [1.165, 1.54) is 12.6 Å². The summed E-state index contributed by atoms with van der Waals surface area (Å²) < 4.78 is 5.62. The second kappa shape index (κ2) is 7.45. The molecule has 1 aliphatic heterocycles. The fraction of sp³-hybridized carbons (Fsp3) is 0.571. The van der Waals surface area contributed by atoms with Gasteiger partial charge in [-0.25, -0.2) is 4.98 Å². The minimum atomic E-state index is -0.155. The van der Waals surface area contributed by atoms with Crippen LogP contribution in [0.5, 0.6) is 0 Å². The molecule has 0 saturated carbocycles. The summed E-state index contributed by atoms with van der Waals surface area (Å²) in [5, 5.41) is 6.17. The van der Waals surface area contributed by atoms with Gasteiger partial charge < -0.3 is 15.4 Å². The summed E-state index contributed by atoms with van der Waals surface area (Å²) in [5.41, 5.74) is 0.471. The Morgan fingerprint density at radius 2 is 2.40 bits per heavy atom. The number of nitrogens with zero attached hydrogens (tertiary/aromatic N) is 1. The molecule has 20 heavy (non-hydrogen) atoms. The van der Waals surface area contributed by atoms with Gasteiger partial charge in [-0.05, 0) is 31.7 Å². The van der Waals surface area contributed by atoms with E-state index in [1.807, 2.05) is 0 Å². The molecule has 2 rings (SSSR count). The molecule has 5 nitrogen and oxygen atoms in total. The Kier molecular flexibility index (Phi) is 5.61. The van der Waals surface area contributed by atoms with E-state index in [0.717, 1.165) is 25.9 Å². The Labute approximate surface area is 124 Å². The second-order valence-corrected chi connectivity index (χ2v) is 5.24. The van der Waals surface area contributed by atoms with Gasteiger partial charge in [-0.1, -0.05) is 11.6 Å². The zero-order valence-corrected chi connectivity index (χ0v) is 12.4. The fourth-order valence-electron chi connectivity index (χ4n) is 2.23. The zero-order valence-electron chi connectivity index (χ0n) is 11.6. The number of nitrogens with one attached hydrogen (secondary N) is 2. The lowest BCUT2D eigenvalue weighted by molar-refractivity contribution is 0.0117. The maximum absolute atomic E-state index is 12.0. The summed E-state index contributed by atoms with van der Waals surface area (Å²) in [6.07, 6.45) is 6.08. The normalized spacial score (nSPS) is 18.6. The van der Waals surface area contributed by atoms with Gasteiger partial charge in [0.1, 0.15) is 5.82 Å². The lowest BCUT2D eigenvalue weighted by atomic mass is 10.1. The summed E-state index contributed by atoms with van der Waals surface area (Å²) in [4.78, 5) is 16.1. The van der Waals surface area contributed by atoms with E-state index in [9.17, 15) is 4.79 Å². The van der Waals surface area contributed by atoms with Crippen LogP contribution in [0, 0.1) is 0 Å². The fourth-order valence-corrected chi connectivity index (χ4v) is 2.49. The number of hydrogen-bond acceptors (Lipinski definition) is 4. The molecule has 2 heterocycles. The van der Waals surface area contributed by atoms with Gasteiger partial charge in [0.2, 0.25) is 0 Å². The third-order valence-corrected chi connectivity index (χ3v) is 3.65. The van der Waals surface area contributed by atoms with E-state index in [4.69, 9.17) is 16.3 Å². The highest BCUT2D eigenvalue weighted by Crippen LogP contribution is 2.19. The highest BCUT2D eigenvalue weighted by molar-refractivity contribution is 6.33. The Bertz CT molecular complexity index is 462. The summed E-state index contributed by atoms with van der Waals surface area (Å²) in [7, 11) is 1.73. The van der Waals surface area contributed by atoms with Crippen molar-refractivity contribution in [2.45, 2.75) is 31.8 Å². The molecule has 0 spiro atoms. The molecule has 0 radical (unpaired) electrons. The van der Waals surface area contributed by atoms with Crippen LogP contribution in [0.3, 0.4) is 0 Å². The molecule has 1 fully saturated rings. The SMILES string of the molecule is CNc1ncc(C(=O)NCCC2CCCCO2)cc1Cl. The first-order valence-corrected chi connectivity index (χ1v) is 7.31. The quantitative estimate of drug-likeness (QED) is 0.876. The van der Waals surface area contributed by atoms with Crippen LogP contribution in [0.1, 0.15) is 36.0 Å². The first-order chi connectivity index (χ1) is 9.70. The van der Waals surface area contributed by atoms with Crippen LogP contribution in [-0.2, 0) is 4.74 Å². The van der Waals surface area contributed by atoms with Crippen LogP contribution >= 0.6 is 11.6 Å². The number of rotatable bonds is 5. The van der Waals surface area contributed by atoms with Gasteiger partial charge in [-0.3, -0.25) is 4.79 Å². The Hall–Kier alpha value is -1.33. The number of halogens is 1. The predicted molar refractivity (Wildman–Crippen MR) is 79.3 cm³/mol. The number of carbonyl (C=O) groups excluding carboxylic acids is 1. The molecule has 1 atom stereocenters. The smallest absolute Gasteiger partial charge is 0.252 e. The van der Waals surface area contributed by atoms with Crippen molar-refractivity contribution in [1.29, 1.82) is 0 Å². The van der Waals surface area contributed by atoms with E-state index < -0.39 is 0 Å². The van der Waals surface area contributed by atoms with Crippen LogP contribution in [0.25, 0.3) is 0 Å². The molecule has 1 aliphatic rings. The van der Waals surface area contributed by atoms with Crippen LogP contribution in [0.2, 0.25) is 5.02 Å². The minimum Gasteiger partial charge on any atom is -0.378 e. The number of hydrogen-bond donors (Lipinski definition) is 2. The van der Waals surface area contributed by atoms with Gasteiger partial charge in [0, 0.05) is 26.4 Å². The monoisotopic (exact) mass is 297 g/mol. The van der Waals surface area contributed by atoms with E-state index in [0.29, 0.717) is 22.9 Å². The van der Waals surface area contributed by atoms with Gasteiger partial charge in [0.25, 0.3) is 5.91 Å².